The van der Waals surface area contributed by atoms with Gasteiger partial charge in [0.05, 0.1) is 30.2 Å². The van der Waals surface area contributed by atoms with E-state index in [1.807, 2.05) is 63.6 Å². The van der Waals surface area contributed by atoms with E-state index >= 15 is 0 Å². The van der Waals surface area contributed by atoms with Crippen LogP contribution in [0.25, 0.3) is 22.0 Å². The van der Waals surface area contributed by atoms with Gasteiger partial charge >= 0.3 is 12.2 Å². The summed E-state index contributed by atoms with van der Waals surface area (Å²) >= 11 is 0. The molecule has 250 valence electrons. The van der Waals surface area contributed by atoms with Crippen molar-refractivity contribution in [1.82, 2.24) is 29.7 Å². The van der Waals surface area contributed by atoms with Crippen LogP contribution >= 0.6 is 0 Å². The molecule has 2 aromatic carbocycles. The van der Waals surface area contributed by atoms with Gasteiger partial charge in [0, 0.05) is 23.2 Å². The average Bonchev–Trinajstić information content (AvgIpc) is 3.48. The number of carbonyl (C=O) groups excluding carboxylic acids is 2. The number of imidazole rings is 2. The Kier molecular flexibility index (Phi) is 7.77. The van der Waals surface area contributed by atoms with Gasteiger partial charge in [0.2, 0.25) is 0 Å². The molecule has 2 saturated heterocycles. The molecule has 3 aliphatic rings. The van der Waals surface area contributed by atoms with Crippen LogP contribution in [0.5, 0.6) is 0 Å². The fourth-order valence-corrected chi connectivity index (χ4v) is 7.01. The minimum Gasteiger partial charge on any atom is -0.444 e. The number of likely N-dealkylation sites (tertiary alicyclic amines) is 2. The summed E-state index contributed by atoms with van der Waals surface area (Å²) in [6, 6.07) is 12.5. The van der Waals surface area contributed by atoms with E-state index in [1.54, 1.807) is 6.20 Å². The molecular weight excluding hydrogens is 604 g/mol. The molecule has 3 fully saturated rings. The molecule has 48 heavy (non-hydrogen) atoms. The molecule has 2 aromatic heterocycles. The third-order valence-corrected chi connectivity index (χ3v) is 9.30. The molecule has 2 unspecified atom stereocenters. The molecule has 5 atom stereocenters. The highest BCUT2D eigenvalue weighted by Crippen LogP contribution is 2.53. The Morgan fingerprint density at radius 2 is 1.46 bits per heavy atom. The Balaban J connectivity index is 1.04. The third kappa shape index (κ3) is 6.51. The molecule has 10 nitrogen and oxygen atoms in total. The number of nitrogens with one attached hydrogen (secondary N) is 2. The van der Waals surface area contributed by atoms with Crippen LogP contribution in [0.1, 0.15) is 109 Å². The number of nitrogens with zero attached hydrogens (tertiary/aromatic N) is 4. The summed E-state index contributed by atoms with van der Waals surface area (Å²) in [5.74, 6) is 8.52. The number of benzene rings is 2. The Morgan fingerprint density at radius 3 is 2.21 bits per heavy atom. The van der Waals surface area contributed by atoms with Crippen molar-refractivity contribution in [3.8, 4) is 23.1 Å². The van der Waals surface area contributed by atoms with Crippen LogP contribution in [-0.2, 0) is 9.47 Å². The van der Waals surface area contributed by atoms with Crippen molar-refractivity contribution in [2.75, 3.05) is 0 Å². The van der Waals surface area contributed by atoms with E-state index in [0.717, 1.165) is 64.9 Å². The van der Waals surface area contributed by atoms with Gasteiger partial charge < -0.3 is 19.4 Å². The van der Waals surface area contributed by atoms with E-state index in [9.17, 15) is 9.59 Å². The number of aromatic amines is 2. The van der Waals surface area contributed by atoms with E-state index in [2.05, 4.69) is 69.0 Å². The summed E-state index contributed by atoms with van der Waals surface area (Å²) in [6.45, 7) is 13.4. The van der Waals surface area contributed by atoms with Crippen molar-refractivity contribution in [1.29, 1.82) is 0 Å². The fraction of sp³-hybridized carbons (Fsp3) is 0.474. The lowest BCUT2D eigenvalue weighted by Gasteiger charge is -2.30. The maximum atomic E-state index is 13.0. The number of fused-ring (bicyclic) bond motifs is 2. The van der Waals surface area contributed by atoms with Crippen LogP contribution in [0.4, 0.5) is 9.59 Å². The first-order chi connectivity index (χ1) is 22.7. The first kappa shape index (κ1) is 31.8. The molecular formula is C38H44N6O4. The van der Waals surface area contributed by atoms with E-state index in [0.29, 0.717) is 11.6 Å². The van der Waals surface area contributed by atoms with E-state index in [4.69, 9.17) is 9.47 Å². The zero-order chi connectivity index (χ0) is 34.0. The van der Waals surface area contributed by atoms with E-state index < -0.39 is 11.2 Å². The molecule has 2 amide bonds. The zero-order valence-electron chi connectivity index (χ0n) is 28.8. The lowest BCUT2D eigenvalue weighted by Crippen LogP contribution is -2.40. The van der Waals surface area contributed by atoms with E-state index in [1.165, 1.54) is 0 Å². The van der Waals surface area contributed by atoms with Crippen molar-refractivity contribution >= 4 is 23.0 Å². The second kappa shape index (κ2) is 11.7. The Labute approximate surface area is 281 Å². The Hall–Kier alpha value is -4.78. The third-order valence-electron chi connectivity index (χ3n) is 9.30. The number of rotatable bonds is 3. The SMILES string of the molecule is CC1CCC(c2ncc(-c3ccc4cc(C#Cc5cnc([C@@H]6C[C@H]7C[C@H]7N6C(=O)OC(C)(C)C)[nH]5)ccc4c3)[nH]2)N1C(=O)OC(C)(C)C. The molecule has 2 aliphatic heterocycles. The van der Waals surface area contributed by atoms with Crippen molar-refractivity contribution < 1.29 is 19.1 Å². The van der Waals surface area contributed by atoms with Crippen molar-refractivity contribution in [2.45, 2.75) is 110 Å². The summed E-state index contributed by atoms with van der Waals surface area (Å²) in [6.07, 6.45) is 6.66. The second-order valence-electron chi connectivity index (χ2n) is 15.4. The number of ether oxygens (including phenoxy) is 2. The van der Waals surface area contributed by atoms with Gasteiger partial charge in [-0.15, -0.1) is 0 Å². The van der Waals surface area contributed by atoms with Gasteiger partial charge in [-0.3, -0.25) is 9.80 Å². The molecule has 10 heteroatoms. The van der Waals surface area contributed by atoms with Crippen molar-refractivity contribution in [3.63, 3.8) is 0 Å². The van der Waals surface area contributed by atoms with Gasteiger partial charge in [-0.25, -0.2) is 19.6 Å². The molecule has 7 rings (SSSR count). The number of carbonyl (C=O) groups is 2. The van der Waals surface area contributed by atoms with Gasteiger partial charge in [0.25, 0.3) is 0 Å². The number of amides is 2. The largest absolute Gasteiger partial charge is 0.444 e. The van der Waals surface area contributed by atoms with Crippen LogP contribution in [0.15, 0.2) is 48.8 Å². The first-order valence-electron chi connectivity index (χ1n) is 16.9. The molecule has 2 N–H and O–H groups in total. The average molecular weight is 649 g/mol. The normalized spacial score (nSPS) is 23.5. The number of hydrogen-bond donors (Lipinski definition) is 2. The lowest BCUT2D eigenvalue weighted by atomic mass is 10.0. The number of H-pyrrole nitrogens is 2. The monoisotopic (exact) mass is 648 g/mol. The number of piperidine rings is 1. The maximum absolute atomic E-state index is 13.0. The quantitative estimate of drug-likeness (QED) is 0.218. The topological polar surface area (TPSA) is 116 Å². The predicted molar refractivity (Wildman–Crippen MR) is 183 cm³/mol. The lowest BCUT2D eigenvalue weighted by molar-refractivity contribution is 0.0147. The molecule has 1 saturated carbocycles. The summed E-state index contributed by atoms with van der Waals surface area (Å²) in [4.78, 5) is 45.8. The second-order valence-corrected chi connectivity index (χ2v) is 15.4. The number of aromatic nitrogens is 4. The Bertz CT molecular complexity index is 1940. The van der Waals surface area contributed by atoms with Crippen LogP contribution < -0.4 is 0 Å². The molecule has 4 aromatic rings. The van der Waals surface area contributed by atoms with Gasteiger partial charge in [-0.2, -0.15) is 0 Å². The molecule has 0 bridgehead atoms. The minimum absolute atomic E-state index is 0.0824. The van der Waals surface area contributed by atoms with E-state index in [-0.39, 0.29) is 36.4 Å². The summed E-state index contributed by atoms with van der Waals surface area (Å²) in [5, 5.41) is 2.17. The number of hydrogen-bond acceptors (Lipinski definition) is 6. The smallest absolute Gasteiger partial charge is 0.411 e. The highest BCUT2D eigenvalue weighted by Gasteiger charge is 2.56. The van der Waals surface area contributed by atoms with Crippen molar-refractivity contribution in [2.24, 2.45) is 5.92 Å². The highest BCUT2D eigenvalue weighted by molar-refractivity contribution is 5.88. The summed E-state index contributed by atoms with van der Waals surface area (Å²) in [5.41, 5.74) is 2.43. The summed E-state index contributed by atoms with van der Waals surface area (Å²) in [7, 11) is 0. The van der Waals surface area contributed by atoms with Crippen LogP contribution in [0.2, 0.25) is 0 Å². The molecule has 0 spiro atoms. The maximum Gasteiger partial charge on any atom is 0.411 e. The van der Waals surface area contributed by atoms with Gasteiger partial charge in [0.1, 0.15) is 28.5 Å². The molecule has 1 aliphatic carbocycles. The zero-order valence-corrected chi connectivity index (χ0v) is 28.8. The van der Waals surface area contributed by atoms with Crippen LogP contribution in [-0.4, -0.2) is 65.2 Å². The Morgan fingerprint density at radius 1 is 0.792 bits per heavy atom. The predicted octanol–water partition coefficient (Wildman–Crippen LogP) is 7.88. The molecule has 4 heterocycles. The fourth-order valence-electron chi connectivity index (χ4n) is 7.01. The minimum atomic E-state index is -0.556. The molecule has 0 radical (unpaired) electrons. The van der Waals surface area contributed by atoms with Gasteiger partial charge in [-0.1, -0.05) is 24.1 Å². The first-order valence-corrected chi connectivity index (χ1v) is 16.9. The standard InChI is InChI=1S/C38H44N6O4/c1-22-8-15-30(43(22)35(45)47-37(2,3)4)33-40-21-29(42-33)26-13-12-24-16-23(9-11-25(24)17-26)10-14-28-20-39-34(41-28)32-19-27-18-31(27)44(32)36(46)48-38(5,6)7/h9,11-13,16-17,20-22,27,30-32H,8,15,18-19H2,1-7H3,(H,39,41)(H,40,42)/t22?,27-,30?,31-,32+/m1/s1. The highest BCUT2D eigenvalue weighted by atomic mass is 16.6. The van der Waals surface area contributed by atoms with Crippen LogP contribution in [0.3, 0.4) is 0 Å². The van der Waals surface area contributed by atoms with Gasteiger partial charge in [-0.05, 0) is 115 Å². The van der Waals surface area contributed by atoms with Crippen LogP contribution in [0, 0.1) is 17.8 Å². The van der Waals surface area contributed by atoms with Gasteiger partial charge in [0.15, 0.2) is 0 Å². The summed E-state index contributed by atoms with van der Waals surface area (Å²) < 4.78 is 11.4. The van der Waals surface area contributed by atoms with Crippen molar-refractivity contribution in [3.05, 3.63) is 71.7 Å².